The Morgan fingerprint density at radius 1 is 1.00 bits per heavy atom. The summed E-state index contributed by atoms with van der Waals surface area (Å²) in [4.78, 5) is 24.4. The highest BCUT2D eigenvalue weighted by Gasteiger charge is 2.16. The van der Waals surface area contributed by atoms with E-state index in [1.807, 2.05) is 36.5 Å². The Morgan fingerprint density at radius 3 is 2.55 bits per heavy atom. The first kappa shape index (κ1) is 18.7. The number of Topliss-reactive ketones (excluding diaryl/α,β-unsaturated/α-hetero) is 1. The predicted octanol–water partition coefficient (Wildman–Crippen LogP) is 3.35. The topological polar surface area (TPSA) is 79.7 Å². The van der Waals surface area contributed by atoms with Crippen LogP contribution >= 0.6 is 0 Å². The molecule has 3 aromatic rings. The average Bonchev–Trinajstić information content (AvgIpc) is 3.31. The third kappa shape index (κ3) is 4.63. The van der Waals surface area contributed by atoms with Crippen LogP contribution < -0.4 is 9.47 Å². The maximum Gasteiger partial charge on any atom is 0.306 e. The van der Waals surface area contributed by atoms with E-state index >= 15 is 0 Å². The fourth-order valence-electron chi connectivity index (χ4n) is 2.98. The quantitative estimate of drug-likeness (QED) is 0.453. The number of esters is 1. The van der Waals surface area contributed by atoms with Gasteiger partial charge in [0, 0.05) is 24.4 Å². The van der Waals surface area contributed by atoms with Gasteiger partial charge in [0.2, 0.25) is 0 Å². The molecule has 0 saturated carbocycles. The van der Waals surface area contributed by atoms with Gasteiger partial charge in [-0.05, 0) is 42.0 Å². The zero-order chi connectivity index (χ0) is 20.1. The van der Waals surface area contributed by atoms with Gasteiger partial charge in [0.25, 0.3) is 0 Å². The van der Waals surface area contributed by atoms with E-state index < -0.39 is 5.97 Å². The minimum Gasteiger partial charge on any atom is -0.486 e. The molecule has 0 N–H and O–H groups in total. The van der Waals surface area contributed by atoms with Gasteiger partial charge >= 0.3 is 5.97 Å². The summed E-state index contributed by atoms with van der Waals surface area (Å²) in [5.41, 5.74) is 2.29. The van der Waals surface area contributed by atoms with Crippen LogP contribution in [0.4, 0.5) is 0 Å². The van der Waals surface area contributed by atoms with Crippen molar-refractivity contribution in [2.24, 2.45) is 0 Å². The van der Waals surface area contributed by atoms with E-state index in [-0.39, 0.29) is 25.2 Å². The molecule has 0 spiro atoms. The van der Waals surface area contributed by atoms with Crippen molar-refractivity contribution in [1.82, 2.24) is 9.78 Å². The molecule has 0 fully saturated rings. The zero-order valence-electron chi connectivity index (χ0n) is 15.7. The van der Waals surface area contributed by atoms with Gasteiger partial charge in [-0.3, -0.25) is 9.59 Å². The fourth-order valence-corrected chi connectivity index (χ4v) is 2.98. The largest absolute Gasteiger partial charge is 0.486 e. The molecule has 0 saturated heterocycles. The number of benzene rings is 2. The van der Waals surface area contributed by atoms with Crippen LogP contribution in [-0.4, -0.2) is 34.7 Å². The van der Waals surface area contributed by atoms with Crippen LogP contribution in [0, 0.1) is 0 Å². The summed E-state index contributed by atoms with van der Waals surface area (Å²) in [5.74, 6) is 0.642. The number of carbonyl (C=O) groups is 2. The molecule has 29 heavy (non-hydrogen) atoms. The molecule has 0 atom stereocenters. The van der Waals surface area contributed by atoms with Crippen LogP contribution in [-0.2, 0) is 16.1 Å². The molecule has 2 heterocycles. The van der Waals surface area contributed by atoms with Crippen molar-refractivity contribution in [3.05, 3.63) is 72.1 Å². The van der Waals surface area contributed by atoms with Gasteiger partial charge in [-0.25, -0.2) is 4.68 Å². The van der Waals surface area contributed by atoms with E-state index in [2.05, 4.69) is 5.10 Å². The summed E-state index contributed by atoms with van der Waals surface area (Å²) in [6, 6.07) is 14.5. The number of ether oxygens (including phenoxy) is 3. The molecule has 1 aliphatic rings. The lowest BCUT2D eigenvalue weighted by atomic mass is 10.1. The summed E-state index contributed by atoms with van der Waals surface area (Å²) >= 11 is 0. The molecule has 0 radical (unpaired) electrons. The number of ketones is 1. The molecule has 2 aromatic carbocycles. The first-order chi connectivity index (χ1) is 14.2. The maximum absolute atomic E-state index is 12.3. The molecule has 4 rings (SSSR count). The summed E-state index contributed by atoms with van der Waals surface area (Å²) in [7, 11) is 0. The molecule has 1 aliphatic heterocycles. The Morgan fingerprint density at radius 2 is 1.79 bits per heavy atom. The van der Waals surface area contributed by atoms with Crippen molar-refractivity contribution in [3.63, 3.8) is 0 Å². The van der Waals surface area contributed by atoms with Crippen molar-refractivity contribution in [3.8, 4) is 17.2 Å². The van der Waals surface area contributed by atoms with Crippen molar-refractivity contribution < 1.29 is 23.8 Å². The van der Waals surface area contributed by atoms with E-state index in [1.165, 1.54) is 0 Å². The second kappa shape index (κ2) is 8.60. The number of rotatable bonds is 7. The number of hydrogen-bond acceptors (Lipinski definition) is 6. The molecule has 0 amide bonds. The van der Waals surface area contributed by atoms with Gasteiger partial charge in [-0.15, -0.1) is 0 Å². The summed E-state index contributed by atoms with van der Waals surface area (Å²) in [5, 5.41) is 4.16. The number of aromatic nitrogens is 2. The molecule has 1 aromatic heterocycles. The van der Waals surface area contributed by atoms with Crippen LogP contribution in [0.25, 0.3) is 5.69 Å². The fraction of sp³-hybridized carbons (Fsp3) is 0.227. The Hall–Kier alpha value is -3.61. The second-order valence-corrected chi connectivity index (χ2v) is 6.56. The Balaban J connectivity index is 1.25. The molecule has 0 unspecified atom stereocenters. The number of carbonyl (C=O) groups excluding carboxylic acids is 2. The van der Waals surface area contributed by atoms with Gasteiger partial charge in [-0.1, -0.05) is 12.1 Å². The molecule has 7 nitrogen and oxygen atoms in total. The predicted molar refractivity (Wildman–Crippen MR) is 104 cm³/mol. The third-order valence-corrected chi connectivity index (χ3v) is 4.53. The lowest BCUT2D eigenvalue weighted by Gasteiger charge is -2.18. The van der Waals surface area contributed by atoms with Gasteiger partial charge < -0.3 is 14.2 Å². The number of hydrogen-bond donors (Lipinski definition) is 0. The normalized spacial score (nSPS) is 12.4. The van der Waals surface area contributed by atoms with E-state index in [1.54, 1.807) is 29.1 Å². The van der Waals surface area contributed by atoms with Gasteiger partial charge in [0.1, 0.15) is 19.8 Å². The van der Waals surface area contributed by atoms with E-state index in [0.717, 1.165) is 11.3 Å². The minimum atomic E-state index is -0.410. The summed E-state index contributed by atoms with van der Waals surface area (Å²) in [6.45, 7) is 1.12. The van der Waals surface area contributed by atoms with Crippen molar-refractivity contribution >= 4 is 11.8 Å². The van der Waals surface area contributed by atoms with Gasteiger partial charge in [0.15, 0.2) is 17.3 Å². The zero-order valence-corrected chi connectivity index (χ0v) is 15.7. The van der Waals surface area contributed by atoms with Crippen LogP contribution in [0.5, 0.6) is 11.5 Å². The number of fused-ring (bicyclic) bond motifs is 1. The second-order valence-electron chi connectivity index (χ2n) is 6.56. The number of nitrogens with zero attached hydrogens (tertiary/aromatic N) is 2. The molecular formula is C22H20N2O5. The lowest BCUT2D eigenvalue weighted by Crippen LogP contribution is -2.16. The smallest absolute Gasteiger partial charge is 0.306 e. The summed E-state index contributed by atoms with van der Waals surface area (Å²) in [6.07, 6.45) is 3.67. The Kier molecular flexibility index (Phi) is 5.56. The maximum atomic E-state index is 12.3. The van der Waals surface area contributed by atoms with Crippen LogP contribution in [0.2, 0.25) is 0 Å². The molecule has 0 bridgehead atoms. The first-order valence-electron chi connectivity index (χ1n) is 9.36. The molecule has 148 valence electrons. The lowest BCUT2D eigenvalue weighted by molar-refractivity contribution is -0.144. The standard InChI is InChI=1S/C22H20N2O5/c25-19(17-4-8-20-21(14-17)28-13-12-27-20)7-9-22(26)29-15-16-2-5-18(6-3-16)24-11-1-10-23-24/h1-6,8,10-11,14H,7,9,12-13,15H2. The van der Waals surface area contributed by atoms with Crippen LogP contribution in [0.1, 0.15) is 28.8 Å². The Bertz CT molecular complexity index is 997. The Labute approximate surface area is 167 Å². The highest BCUT2D eigenvalue weighted by atomic mass is 16.6. The van der Waals surface area contributed by atoms with E-state index in [4.69, 9.17) is 14.2 Å². The van der Waals surface area contributed by atoms with Crippen molar-refractivity contribution in [2.75, 3.05) is 13.2 Å². The first-order valence-corrected chi connectivity index (χ1v) is 9.36. The van der Waals surface area contributed by atoms with E-state index in [9.17, 15) is 9.59 Å². The highest BCUT2D eigenvalue weighted by molar-refractivity contribution is 5.98. The van der Waals surface area contributed by atoms with Crippen LogP contribution in [0.3, 0.4) is 0 Å². The monoisotopic (exact) mass is 392 g/mol. The SMILES string of the molecule is O=C(CCC(=O)c1ccc2c(c1)OCCO2)OCc1ccc(-n2cccn2)cc1. The molecule has 0 aliphatic carbocycles. The van der Waals surface area contributed by atoms with Gasteiger partial charge in [-0.2, -0.15) is 5.10 Å². The highest BCUT2D eigenvalue weighted by Crippen LogP contribution is 2.31. The minimum absolute atomic E-state index is 0.0264. The van der Waals surface area contributed by atoms with E-state index in [0.29, 0.717) is 30.3 Å². The van der Waals surface area contributed by atoms with Gasteiger partial charge in [0.05, 0.1) is 12.1 Å². The molecule has 7 heteroatoms. The van der Waals surface area contributed by atoms with Crippen molar-refractivity contribution in [1.29, 1.82) is 0 Å². The molecular weight excluding hydrogens is 372 g/mol. The average molecular weight is 392 g/mol. The summed E-state index contributed by atoms with van der Waals surface area (Å²) < 4.78 is 18.0. The van der Waals surface area contributed by atoms with Crippen molar-refractivity contribution in [2.45, 2.75) is 19.4 Å². The van der Waals surface area contributed by atoms with Crippen LogP contribution in [0.15, 0.2) is 60.9 Å². The third-order valence-electron chi connectivity index (χ3n) is 4.53.